The van der Waals surface area contributed by atoms with Crippen LogP contribution in [0.1, 0.15) is 35.3 Å². The van der Waals surface area contributed by atoms with E-state index in [9.17, 15) is 9.59 Å². The second-order valence-electron chi connectivity index (χ2n) is 3.83. The molecule has 0 atom stereocenters. The van der Waals surface area contributed by atoms with Gasteiger partial charge in [-0.2, -0.15) is 0 Å². The van der Waals surface area contributed by atoms with Gasteiger partial charge in [0, 0.05) is 18.2 Å². The topological polar surface area (TPSA) is 34.1 Å². The molecule has 0 saturated carbocycles. The number of carbonyl (C=O) groups excluding carboxylic acids is 2. The summed E-state index contributed by atoms with van der Waals surface area (Å²) in [4.78, 5) is 22.0. The summed E-state index contributed by atoms with van der Waals surface area (Å²) in [7, 11) is 0. The summed E-state index contributed by atoms with van der Waals surface area (Å²) in [6.07, 6.45) is 3.90. The summed E-state index contributed by atoms with van der Waals surface area (Å²) in [5.74, 6) is 0.733. The van der Waals surface area contributed by atoms with Crippen molar-refractivity contribution < 1.29 is 9.59 Å². The zero-order chi connectivity index (χ0) is 12.8. The standard InChI is InChI=1S/C14H16O2S/c1-10-6-7-14(11(2)15)9-13(10)5-4-8-17-12(3)16/h4-7,9H,8H2,1-3H3. The van der Waals surface area contributed by atoms with E-state index in [0.29, 0.717) is 5.75 Å². The first-order chi connectivity index (χ1) is 8.00. The molecule has 0 aliphatic rings. The molecule has 0 aliphatic carbocycles. The Labute approximate surface area is 106 Å². The molecule has 1 aromatic carbocycles. The Morgan fingerprint density at radius 3 is 2.59 bits per heavy atom. The van der Waals surface area contributed by atoms with Crippen molar-refractivity contribution in [2.24, 2.45) is 0 Å². The number of carbonyl (C=O) groups is 2. The quantitative estimate of drug-likeness (QED) is 0.765. The summed E-state index contributed by atoms with van der Waals surface area (Å²) in [5, 5.41) is 0.115. The summed E-state index contributed by atoms with van der Waals surface area (Å²) in [6, 6.07) is 5.65. The van der Waals surface area contributed by atoms with E-state index in [1.54, 1.807) is 13.8 Å². The minimum atomic E-state index is 0.0674. The first kappa shape index (κ1) is 13.7. The molecule has 3 heteroatoms. The molecule has 0 bridgehead atoms. The zero-order valence-corrected chi connectivity index (χ0v) is 11.1. The molecule has 0 aliphatic heterocycles. The van der Waals surface area contributed by atoms with Crippen LogP contribution >= 0.6 is 11.8 Å². The predicted molar refractivity (Wildman–Crippen MR) is 73.4 cm³/mol. The third-order valence-electron chi connectivity index (χ3n) is 2.37. The van der Waals surface area contributed by atoms with Crippen LogP contribution in [0.15, 0.2) is 24.3 Å². The number of aryl methyl sites for hydroxylation is 1. The second kappa shape index (κ2) is 6.40. The van der Waals surface area contributed by atoms with Gasteiger partial charge in [-0.15, -0.1) is 0 Å². The fourth-order valence-corrected chi connectivity index (χ4v) is 1.81. The van der Waals surface area contributed by atoms with Crippen molar-refractivity contribution in [2.75, 3.05) is 5.75 Å². The molecule has 0 fully saturated rings. The van der Waals surface area contributed by atoms with Crippen molar-refractivity contribution in [3.63, 3.8) is 0 Å². The van der Waals surface area contributed by atoms with Crippen molar-refractivity contribution in [1.82, 2.24) is 0 Å². The number of ketones is 1. The number of Topliss-reactive ketones (excluding diaryl/α,β-unsaturated/α-hetero) is 1. The second-order valence-corrected chi connectivity index (χ2v) is 5.03. The normalized spacial score (nSPS) is 10.8. The van der Waals surface area contributed by atoms with Crippen LogP contribution in [0, 0.1) is 6.92 Å². The van der Waals surface area contributed by atoms with Gasteiger partial charge in [0.2, 0.25) is 0 Å². The average Bonchev–Trinajstić information content (AvgIpc) is 2.25. The molecule has 0 heterocycles. The molecule has 0 N–H and O–H groups in total. The Morgan fingerprint density at radius 2 is 2.00 bits per heavy atom. The van der Waals surface area contributed by atoms with Gasteiger partial charge in [-0.1, -0.05) is 36.0 Å². The fraction of sp³-hybridized carbons (Fsp3) is 0.286. The lowest BCUT2D eigenvalue weighted by molar-refractivity contribution is -0.109. The molecule has 1 aromatic rings. The molecule has 0 radical (unpaired) electrons. The summed E-state index contributed by atoms with van der Waals surface area (Å²) < 4.78 is 0. The Balaban J connectivity index is 2.79. The molecule has 0 unspecified atom stereocenters. The number of hydrogen-bond acceptors (Lipinski definition) is 3. The first-order valence-corrected chi connectivity index (χ1v) is 6.40. The predicted octanol–water partition coefficient (Wildman–Crippen LogP) is 3.49. The first-order valence-electron chi connectivity index (χ1n) is 5.42. The molecule has 2 nitrogen and oxygen atoms in total. The summed E-state index contributed by atoms with van der Waals surface area (Å²) in [5.41, 5.74) is 2.87. The maximum Gasteiger partial charge on any atom is 0.186 e. The number of hydrogen-bond donors (Lipinski definition) is 0. The smallest absolute Gasteiger partial charge is 0.186 e. The van der Waals surface area contributed by atoms with E-state index in [4.69, 9.17) is 0 Å². The molecule has 1 rings (SSSR count). The Hall–Kier alpha value is -1.35. The molecular weight excluding hydrogens is 232 g/mol. The van der Waals surface area contributed by atoms with E-state index in [1.807, 2.05) is 37.3 Å². The van der Waals surface area contributed by atoms with Crippen LogP contribution in [0.3, 0.4) is 0 Å². The number of benzene rings is 1. The van der Waals surface area contributed by atoms with Gasteiger partial charge in [-0.3, -0.25) is 9.59 Å². The molecule has 0 spiro atoms. The largest absolute Gasteiger partial charge is 0.295 e. The highest BCUT2D eigenvalue weighted by molar-refractivity contribution is 8.13. The number of rotatable bonds is 4. The van der Waals surface area contributed by atoms with Crippen LogP contribution in [0.5, 0.6) is 0 Å². The number of thioether (sulfide) groups is 1. The highest BCUT2D eigenvalue weighted by atomic mass is 32.2. The van der Waals surface area contributed by atoms with Crippen LogP contribution in [-0.2, 0) is 4.79 Å². The highest BCUT2D eigenvalue weighted by Crippen LogP contribution is 2.14. The third kappa shape index (κ3) is 4.57. The van der Waals surface area contributed by atoms with Crippen molar-refractivity contribution in [2.45, 2.75) is 20.8 Å². The maximum absolute atomic E-state index is 11.3. The van der Waals surface area contributed by atoms with E-state index >= 15 is 0 Å². The fourth-order valence-electron chi connectivity index (χ4n) is 1.38. The summed E-state index contributed by atoms with van der Waals surface area (Å²) in [6.45, 7) is 5.12. The van der Waals surface area contributed by atoms with Crippen molar-refractivity contribution >= 4 is 28.7 Å². The third-order valence-corrected chi connectivity index (χ3v) is 3.13. The zero-order valence-electron chi connectivity index (χ0n) is 10.3. The molecule has 17 heavy (non-hydrogen) atoms. The van der Waals surface area contributed by atoms with Crippen LogP contribution in [-0.4, -0.2) is 16.7 Å². The van der Waals surface area contributed by atoms with Gasteiger partial charge in [0.25, 0.3) is 0 Å². The van der Waals surface area contributed by atoms with Gasteiger partial charge in [-0.05, 0) is 31.0 Å². The highest BCUT2D eigenvalue weighted by Gasteiger charge is 2.01. The van der Waals surface area contributed by atoms with Crippen LogP contribution in [0.2, 0.25) is 0 Å². The van der Waals surface area contributed by atoms with Crippen LogP contribution < -0.4 is 0 Å². The van der Waals surface area contributed by atoms with Crippen molar-refractivity contribution in [3.05, 3.63) is 41.0 Å². The minimum Gasteiger partial charge on any atom is -0.295 e. The van der Waals surface area contributed by atoms with Gasteiger partial charge in [0.15, 0.2) is 10.9 Å². The monoisotopic (exact) mass is 248 g/mol. The van der Waals surface area contributed by atoms with Gasteiger partial charge < -0.3 is 0 Å². The lowest BCUT2D eigenvalue weighted by Gasteiger charge is -2.02. The lowest BCUT2D eigenvalue weighted by Crippen LogP contribution is -1.93. The van der Waals surface area contributed by atoms with Gasteiger partial charge in [0.05, 0.1) is 0 Å². The van der Waals surface area contributed by atoms with E-state index in [2.05, 4.69) is 0 Å². The van der Waals surface area contributed by atoms with Gasteiger partial charge in [0.1, 0.15) is 0 Å². The Kier molecular flexibility index (Phi) is 5.16. The molecule has 0 amide bonds. The lowest BCUT2D eigenvalue weighted by atomic mass is 10.0. The average molecular weight is 248 g/mol. The van der Waals surface area contributed by atoms with Gasteiger partial charge in [-0.25, -0.2) is 0 Å². The van der Waals surface area contributed by atoms with Crippen LogP contribution in [0.4, 0.5) is 0 Å². The van der Waals surface area contributed by atoms with Gasteiger partial charge >= 0.3 is 0 Å². The minimum absolute atomic E-state index is 0.0674. The maximum atomic E-state index is 11.3. The molecule has 90 valence electrons. The molecule has 0 saturated heterocycles. The van der Waals surface area contributed by atoms with E-state index < -0.39 is 0 Å². The van der Waals surface area contributed by atoms with Crippen LogP contribution in [0.25, 0.3) is 6.08 Å². The van der Waals surface area contributed by atoms with E-state index in [1.165, 1.54) is 11.8 Å². The van der Waals surface area contributed by atoms with Crippen molar-refractivity contribution in [1.29, 1.82) is 0 Å². The van der Waals surface area contributed by atoms with E-state index in [0.717, 1.165) is 16.7 Å². The molecular formula is C14H16O2S. The SMILES string of the molecule is CC(=O)SCC=Cc1cc(C(C)=O)ccc1C. The van der Waals surface area contributed by atoms with E-state index in [-0.39, 0.29) is 10.9 Å². The Morgan fingerprint density at radius 1 is 1.29 bits per heavy atom. The molecule has 0 aromatic heterocycles. The summed E-state index contributed by atoms with van der Waals surface area (Å²) >= 11 is 1.27. The Bertz CT molecular complexity index is 461. The van der Waals surface area contributed by atoms with Crippen molar-refractivity contribution in [3.8, 4) is 0 Å².